The van der Waals surface area contributed by atoms with E-state index in [0.29, 0.717) is 11.4 Å². The lowest BCUT2D eigenvalue weighted by molar-refractivity contribution is 0.102. The van der Waals surface area contributed by atoms with E-state index in [2.05, 4.69) is 38.0 Å². The van der Waals surface area contributed by atoms with Gasteiger partial charge in [0.1, 0.15) is 6.33 Å². The third kappa shape index (κ3) is 3.25. The zero-order valence-electron chi connectivity index (χ0n) is 12.9. The van der Waals surface area contributed by atoms with E-state index in [-0.39, 0.29) is 5.91 Å². The number of aromatic amines is 1. The number of hydrogen-bond donors (Lipinski definition) is 2. The van der Waals surface area contributed by atoms with E-state index in [1.54, 1.807) is 10.7 Å². The average molecular weight is 311 g/mol. The standard InChI is InChI=1S/C15H17N7O/c1-3-4-12-8-13(19-18-12)15(23)17-11-5-6-14(10(2)7-11)22-9-16-20-21-22/h5-9H,3-4H2,1-2H3,(H,17,23)(H,18,19). The fraction of sp³-hybridized carbons (Fsp3) is 0.267. The smallest absolute Gasteiger partial charge is 0.276 e. The number of H-pyrrole nitrogens is 1. The average Bonchev–Trinajstić information content (AvgIpc) is 3.19. The Morgan fingerprint density at radius 3 is 2.91 bits per heavy atom. The Labute approximate surface area is 132 Å². The zero-order chi connectivity index (χ0) is 16.2. The molecule has 0 unspecified atom stereocenters. The molecule has 0 bridgehead atoms. The van der Waals surface area contributed by atoms with Gasteiger partial charge in [-0.1, -0.05) is 13.3 Å². The Hall–Kier alpha value is -3.03. The molecular formula is C15H17N7O. The predicted octanol–water partition coefficient (Wildman–Crippen LogP) is 1.90. The molecule has 3 rings (SSSR count). The van der Waals surface area contributed by atoms with Crippen molar-refractivity contribution in [2.45, 2.75) is 26.7 Å². The van der Waals surface area contributed by atoms with Crippen LogP contribution in [0.4, 0.5) is 5.69 Å². The highest BCUT2D eigenvalue weighted by atomic mass is 16.1. The van der Waals surface area contributed by atoms with Crippen molar-refractivity contribution in [1.82, 2.24) is 30.4 Å². The highest BCUT2D eigenvalue weighted by Gasteiger charge is 2.11. The first-order valence-corrected chi connectivity index (χ1v) is 7.37. The predicted molar refractivity (Wildman–Crippen MR) is 84.4 cm³/mol. The molecule has 0 saturated heterocycles. The summed E-state index contributed by atoms with van der Waals surface area (Å²) >= 11 is 0. The molecule has 0 radical (unpaired) electrons. The van der Waals surface area contributed by atoms with Crippen molar-refractivity contribution in [3.05, 3.63) is 47.5 Å². The molecule has 2 aromatic heterocycles. The second-order valence-corrected chi connectivity index (χ2v) is 5.24. The van der Waals surface area contributed by atoms with Crippen molar-refractivity contribution >= 4 is 11.6 Å². The number of anilines is 1. The van der Waals surface area contributed by atoms with E-state index < -0.39 is 0 Å². The van der Waals surface area contributed by atoms with Crippen LogP contribution >= 0.6 is 0 Å². The Kier molecular flexibility index (Phi) is 4.13. The molecule has 0 aliphatic heterocycles. The Morgan fingerprint density at radius 2 is 2.22 bits per heavy atom. The summed E-state index contributed by atoms with van der Waals surface area (Å²) in [6.45, 7) is 4.01. The second kappa shape index (κ2) is 6.39. The van der Waals surface area contributed by atoms with Crippen LogP contribution in [0.15, 0.2) is 30.6 Å². The molecule has 23 heavy (non-hydrogen) atoms. The summed E-state index contributed by atoms with van der Waals surface area (Å²) < 4.78 is 1.58. The molecule has 0 fully saturated rings. The number of hydrogen-bond acceptors (Lipinski definition) is 5. The molecule has 0 aliphatic rings. The fourth-order valence-corrected chi connectivity index (χ4v) is 2.33. The van der Waals surface area contributed by atoms with Crippen molar-refractivity contribution in [3.8, 4) is 5.69 Å². The highest BCUT2D eigenvalue weighted by molar-refractivity contribution is 6.03. The van der Waals surface area contributed by atoms with Gasteiger partial charge in [0, 0.05) is 11.4 Å². The first kappa shape index (κ1) is 14.9. The summed E-state index contributed by atoms with van der Waals surface area (Å²) in [5.41, 5.74) is 3.85. The molecule has 1 aromatic carbocycles. The van der Waals surface area contributed by atoms with Gasteiger partial charge in [-0.15, -0.1) is 5.10 Å². The van der Waals surface area contributed by atoms with E-state index >= 15 is 0 Å². The minimum absolute atomic E-state index is 0.238. The second-order valence-electron chi connectivity index (χ2n) is 5.24. The van der Waals surface area contributed by atoms with Crippen molar-refractivity contribution < 1.29 is 4.79 Å². The summed E-state index contributed by atoms with van der Waals surface area (Å²) in [6, 6.07) is 7.31. The first-order valence-electron chi connectivity index (χ1n) is 7.37. The Morgan fingerprint density at radius 1 is 1.35 bits per heavy atom. The minimum atomic E-state index is -0.238. The summed E-state index contributed by atoms with van der Waals surface area (Å²) in [5.74, 6) is -0.238. The largest absolute Gasteiger partial charge is 0.321 e. The number of nitrogens with zero attached hydrogens (tertiary/aromatic N) is 5. The number of carbonyl (C=O) groups is 1. The summed E-state index contributed by atoms with van der Waals surface area (Å²) in [4.78, 5) is 12.2. The number of aromatic nitrogens is 6. The third-order valence-electron chi connectivity index (χ3n) is 3.43. The van der Waals surface area contributed by atoms with Crippen molar-refractivity contribution in [1.29, 1.82) is 0 Å². The van der Waals surface area contributed by atoms with Gasteiger partial charge in [-0.25, -0.2) is 4.68 Å². The van der Waals surface area contributed by atoms with Crippen molar-refractivity contribution in [2.24, 2.45) is 0 Å². The molecular weight excluding hydrogens is 294 g/mol. The van der Waals surface area contributed by atoms with Gasteiger partial charge in [-0.05, 0) is 53.6 Å². The molecule has 2 N–H and O–H groups in total. The van der Waals surface area contributed by atoms with Gasteiger partial charge < -0.3 is 5.32 Å². The van der Waals surface area contributed by atoms with Gasteiger partial charge in [0.05, 0.1) is 5.69 Å². The van der Waals surface area contributed by atoms with Crippen LogP contribution in [0.5, 0.6) is 0 Å². The van der Waals surface area contributed by atoms with Gasteiger partial charge in [-0.3, -0.25) is 9.89 Å². The van der Waals surface area contributed by atoms with Gasteiger partial charge >= 0.3 is 0 Å². The van der Waals surface area contributed by atoms with Crippen LogP contribution in [-0.2, 0) is 6.42 Å². The third-order valence-corrected chi connectivity index (χ3v) is 3.43. The van der Waals surface area contributed by atoms with Gasteiger partial charge in [0.15, 0.2) is 5.69 Å². The SMILES string of the molecule is CCCc1cc(C(=O)Nc2ccc(-n3cnnn3)c(C)c2)n[nH]1. The maximum atomic E-state index is 12.2. The molecule has 8 nitrogen and oxygen atoms in total. The zero-order valence-corrected chi connectivity index (χ0v) is 12.9. The van der Waals surface area contributed by atoms with Crippen LogP contribution < -0.4 is 5.32 Å². The van der Waals surface area contributed by atoms with E-state index in [4.69, 9.17) is 0 Å². The van der Waals surface area contributed by atoms with Crippen molar-refractivity contribution in [2.75, 3.05) is 5.32 Å². The lowest BCUT2D eigenvalue weighted by Gasteiger charge is -2.08. The van der Waals surface area contributed by atoms with E-state index in [0.717, 1.165) is 29.8 Å². The molecule has 2 heterocycles. The Bertz CT molecular complexity index is 807. The van der Waals surface area contributed by atoms with Crippen LogP contribution in [0, 0.1) is 6.92 Å². The van der Waals surface area contributed by atoms with Crippen LogP contribution in [-0.4, -0.2) is 36.3 Å². The molecule has 1 amide bonds. The van der Waals surface area contributed by atoms with Crippen molar-refractivity contribution in [3.63, 3.8) is 0 Å². The maximum Gasteiger partial charge on any atom is 0.276 e. The lowest BCUT2D eigenvalue weighted by atomic mass is 10.1. The summed E-state index contributed by atoms with van der Waals surface area (Å²) in [6.07, 6.45) is 3.40. The van der Waals surface area contributed by atoms with E-state index in [1.165, 1.54) is 6.33 Å². The molecule has 0 aliphatic carbocycles. The number of benzene rings is 1. The number of carbonyl (C=O) groups excluding carboxylic acids is 1. The topological polar surface area (TPSA) is 101 Å². The van der Waals surface area contributed by atoms with Gasteiger partial charge in [0.25, 0.3) is 5.91 Å². The monoisotopic (exact) mass is 311 g/mol. The molecule has 0 atom stereocenters. The minimum Gasteiger partial charge on any atom is -0.321 e. The molecule has 8 heteroatoms. The number of rotatable bonds is 5. The molecule has 0 spiro atoms. The van der Waals surface area contributed by atoms with Crippen LogP contribution in [0.3, 0.4) is 0 Å². The first-order chi connectivity index (χ1) is 11.2. The van der Waals surface area contributed by atoms with Gasteiger partial charge in [-0.2, -0.15) is 5.10 Å². The number of nitrogens with one attached hydrogen (secondary N) is 2. The van der Waals surface area contributed by atoms with Gasteiger partial charge in [0.2, 0.25) is 0 Å². The van der Waals surface area contributed by atoms with Crippen LogP contribution in [0.25, 0.3) is 5.69 Å². The number of aryl methyl sites for hydroxylation is 2. The Balaban J connectivity index is 1.74. The highest BCUT2D eigenvalue weighted by Crippen LogP contribution is 2.18. The van der Waals surface area contributed by atoms with E-state index in [1.807, 2.05) is 25.1 Å². The summed E-state index contributed by atoms with van der Waals surface area (Å²) in [7, 11) is 0. The van der Waals surface area contributed by atoms with Crippen LogP contribution in [0.2, 0.25) is 0 Å². The maximum absolute atomic E-state index is 12.2. The fourth-order valence-electron chi connectivity index (χ4n) is 2.33. The number of tetrazole rings is 1. The van der Waals surface area contributed by atoms with Crippen LogP contribution in [0.1, 0.15) is 35.1 Å². The number of amides is 1. The quantitative estimate of drug-likeness (QED) is 0.749. The lowest BCUT2D eigenvalue weighted by Crippen LogP contribution is -2.12. The summed E-state index contributed by atoms with van der Waals surface area (Å²) in [5, 5.41) is 20.9. The normalized spacial score (nSPS) is 10.7. The van der Waals surface area contributed by atoms with E-state index in [9.17, 15) is 4.79 Å². The molecule has 118 valence electrons. The molecule has 0 saturated carbocycles. The molecule has 3 aromatic rings.